The molecule has 1 saturated heterocycles. The molecule has 41 heavy (non-hydrogen) atoms. The van der Waals surface area contributed by atoms with E-state index >= 15 is 0 Å². The van der Waals surface area contributed by atoms with Crippen LogP contribution in [0.4, 0.5) is 5.69 Å². The molecule has 0 spiro atoms. The number of amides is 1. The number of halogens is 1. The van der Waals surface area contributed by atoms with Gasteiger partial charge in [0.25, 0.3) is 5.91 Å². The fourth-order valence-corrected chi connectivity index (χ4v) is 5.45. The van der Waals surface area contributed by atoms with E-state index in [2.05, 4.69) is 38.1 Å². The minimum absolute atomic E-state index is 0.0773. The van der Waals surface area contributed by atoms with E-state index in [0.717, 1.165) is 54.0 Å². The Morgan fingerprint density at radius 2 is 2.05 bits per heavy atom. The summed E-state index contributed by atoms with van der Waals surface area (Å²) in [6.07, 6.45) is 5.62. The number of rotatable bonds is 7. The molecule has 0 radical (unpaired) electrons. The van der Waals surface area contributed by atoms with Crippen molar-refractivity contribution in [1.29, 1.82) is 0 Å². The van der Waals surface area contributed by atoms with Crippen molar-refractivity contribution in [1.82, 2.24) is 44.9 Å². The molecule has 210 valence electrons. The summed E-state index contributed by atoms with van der Waals surface area (Å²) in [4.78, 5) is 15.1. The van der Waals surface area contributed by atoms with E-state index in [4.69, 9.17) is 21.4 Å². The van der Waals surface area contributed by atoms with Gasteiger partial charge in [-0.1, -0.05) is 11.6 Å². The lowest BCUT2D eigenvalue weighted by Crippen LogP contribution is -2.41. The third-order valence-electron chi connectivity index (χ3n) is 7.59. The van der Waals surface area contributed by atoms with Gasteiger partial charge in [0.1, 0.15) is 0 Å². The van der Waals surface area contributed by atoms with E-state index in [0.29, 0.717) is 46.8 Å². The first-order valence-electron chi connectivity index (χ1n) is 13.7. The van der Waals surface area contributed by atoms with Crippen LogP contribution in [0.1, 0.15) is 40.6 Å². The zero-order valence-corrected chi connectivity index (χ0v) is 23.5. The average molecular weight is 573 g/mol. The van der Waals surface area contributed by atoms with Crippen LogP contribution in [0.3, 0.4) is 0 Å². The second-order valence-electron chi connectivity index (χ2n) is 10.5. The van der Waals surface area contributed by atoms with E-state index in [1.807, 2.05) is 36.0 Å². The number of nitrogens with one attached hydrogen (secondary N) is 2. The van der Waals surface area contributed by atoms with E-state index < -0.39 is 0 Å². The molecule has 1 atom stereocenters. The van der Waals surface area contributed by atoms with Crippen LogP contribution in [-0.4, -0.2) is 71.3 Å². The number of hydrogen-bond donors (Lipinski definition) is 2. The van der Waals surface area contributed by atoms with Crippen LogP contribution >= 0.6 is 11.6 Å². The van der Waals surface area contributed by atoms with Gasteiger partial charge >= 0.3 is 0 Å². The zero-order chi connectivity index (χ0) is 28.1. The summed E-state index contributed by atoms with van der Waals surface area (Å²) in [7, 11) is 0. The van der Waals surface area contributed by atoms with Crippen molar-refractivity contribution in [2.75, 3.05) is 25.0 Å². The van der Waals surface area contributed by atoms with Gasteiger partial charge in [0.15, 0.2) is 0 Å². The van der Waals surface area contributed by atoms with Crippen molar-refractivity contribution >= 4 is 28.7 Å². The Morgan fingerprint density at radius 1 is 1.17 bits per heavy atom. The van der Waals surface area contributed by atoms with Gasteiger partial charge in [0.2, 0.25) is 5.82 Å². The lowest BCUT2D eigenvalue weighted by Gasteiger charge is -2.24. The molecule has 13 heteroatoms. The van der Waals surface area contributed by atoms with Crippen LogP contribution in [0.25, 0.3) is 28.0 Å². The molecular formula is C28H29ClN10O2. The van der Waals surface area contributed by atoms with Gasteiger partial charge in [-0.2, -0.15) is 15.0 Å². The molecule has 12 nitrogen and oxygen atoms in total. The summed E-state index contributed by atoms with van der Waals surface area (Å²) < 4.78 is 9.58. The number of pyridine rings is 1. The number of aromatic nitrogens is 8. The number of fused-ring (bicyclic) bond motifs is 1. The Morgan fingerprint density at radius 3 is 2.85 bits per heavy atom. The van der Waals surface area contributed by atoms with E-state index in [1.54, 1.807) is 27.6 Å². The molecule has 5 heterocycles. The van der Waals surface area contributed by atoms with Crippen LogP contribution in [0, 0.1) is 13.8 Å². The summed E-state index contributed by atoms with van der Waals surface area (Å²) in [5.41, 5.74) is 6.23. The van der Waals surface area contributed by atoms with Gasteiger partial charge in [-0.3, -0.25) is 9.48 Å². The molecule has 4 aromatic heterocycles. The van der Waals surface area contributed by atoms with Gasteiger partial charge < -0.3 is 15.4 Å². The Hall–Kier alpha value is -4.13. The summed E-state index contributed by atoms with van der Waals surface area (Å²) in [5, 5.41) is 28.7. The molecule has 1 saturated carbocycles. The molecule has 1 aromatic carbocycles. The predicted octanol–water partition coefficient (Wildman–Crippen LogP) is 3.70. The highest BCUT2D eigenvalue weighted by atomic mass is 35.5. The number of carbonyl (C=O) groups excluding carboxylic acids is 1. The van der Waals surface area contributed by atoms with Gasteiger partial charge in [-0.05, 0) is 67.8 Å². The lowest BCUT2D eigenvalue weighted by atomic mass is 10.0. The second-order valence-corrected chi connectivity index (χ2v) is 10.9. The van der Waals surface area contributed by atoms with E-state index in [-0.39, 0.29) is 12.0 Å². The Labute approximate surface area is 240 Å². The van der Waals surface area contributed by atoms with Crippen molar-refractivity contribution in [3.05, 3.63) is 64.7 Å². The van der Waals surface area contributed by atoms with Crippen molar-refractivity contribution in [2.45, 2.75) is 45.4 Å². The Bertz CT molecular complexity index is 1760. The minimum Gasteiger partial charge on any atom is -0.374 e. The molecule has 1 amide bonds. The monoisotopic (exact) mass is 572 g/mol. The molecule has 1 aliphatic heterocycles. The molecule has 2 aliphatic rings. The number of anilines is 1. The lowest BCUT2D eigenvalue weighted by molar-refractivity contribution is 0.0157. The first kappa shape index (κ1) is 25.8. The zero-order valence-electron chi connectivity index (χ0n) is 22.7. The number of ether oxygens (including phenoxy) is 1. The largest absolute Gasteiger partial charge is 0.374 e. The first-order valence-corrected chi connectivity index (χ1v) is 14.1. The molecular weight excluding hydrogens is 544 g/mol. The van der Waals surface area contributed by atoms with Crippen molar-refractivity contribution in [3.63, 3.8) is 0 Å². The topological polar surface area (TPSA) is 129 Å². The van der Waals surface area contributed by atoms with Crippen molar-refractivity contribution in [3.8, 4) is 22.5 Å². The normalized spacial score (nSPS) is 17.3. The number of aryl methyl sites for hydroxylation is 1. The maximum Gasteiger partial charge on any atom is 0.259 e. The highest BCUT2D eigenvalue weighted by Crippen LogP contribution is 2.34. The summed E-state index contributed by atoms with van der Waals surface area (Å²) in [5.74, 6) is 0.166. The van der Waals surface area contributed by atoms with Crippen molar-refractivity contribution in [2.24, 2.45) is 0 Å². The van der Waals surface area contributed by atoms with Gasteiger partial charge in [-0.15, -0.1) is 10.2 Å². The number of carbonyl (C=O) groups is 1. The molecule has 2 fully saturated rings. The number of tetrazole rings is 1. The number of morpholine rings is 1. The molecule has 0 bridgehead atoms. The smallest absolute Gasteiger partial charge is 0.259 e. The number of benzene rings is 1. The van der Waals surface area contributed by atoms with E-state index in [1.165, 1.54) is 0 Å². The SMILES string of the molecule is Cc1nn(CC2CNCCO2)c(C)c1-c1ccn2ncc(C(=O)Nc3cc(-c4nnn(C5CC5)n4)ccc3Cl)c2c1. The number of nitrogens with zero attached hydrogens (tertiary/aromatic N) is 8. The molecule has 2 N–H and O–H groups in total. The third kappa shape index (κ3) is 4.98. The highest BCUT2D eigenvalue weighted by Gasteiger charge is 2.27. The van der Waals surface area contributed by atoms with Crippen molar-refractivity contribution < 1.29 is 9.53 Å². The van der Waals surface area contributed by atoms with Gasteiger partial charge in [0.05, 0.1) is 59.0 Å². The molecule has 1 unspecified atom stereocenters. The number of hydrogen-bond acceptors (Lipinski definition) is 8. The van der Waals surface area contributed by atoms with Crippen LogP contribution in [0.15, 0.2) is 42.7 Å². The minimum atomic E-state index is -0.322. The summed E-state index contributed by atoms with van der Waals surface area (Å²) in [6, 6.07) is 9.59. The third-order valence-corrected chi connectivity index (χ3v) is 7.92. The first-order chi connectivity index (χ1) is 19.9. The van der Waals surface area contributed by atoms with Crippen LogP contribution in [0.2, 0.25) is 5.02 Å². The van der Waals surface area contributed by atoms with Gasteiger partial charge in [0, 0.05) is 36.1 Å². The Kier molecular flexibility index (Phi) is 6.53. The maximum absolute atomic E-state index is 13.5. The fourth-order valence-electron chi connectivity index (χ4n) is 5.28. The quantitative estimate of drug-likeness (QED) is 0.302. The summed E-state index contributed by atoms with van der Waals surface area (Å²) in [6.45, 7) is 7.12. The van der Waals surface area contributed by atoms with E-state index in [9.17, 15) is 4.79 Å². The van der Waals surface area contributed by atoms with Crippen LogP contribution in [-0.2, 0) is 11.3 Å². The molecule has 1 aliphatic carbocycles. The average Bonchev–Trinajstić information content (AvgIpc) is 3.43. The molecule has 5 aromatic rings. The summed E-state index contributed by atoms with van der Waals surface area (Å²) >= 11 is 6.47. The van der Waals surface area contributed by atoms with Crippen LogP contribution in [0.5, 0.6) is 0 Å². The predicted molar refractivity (Wildman–Crippen MR) is 153 cm³/mol. The Balaban J connectivity index is 1.16. The fraction of sp³-hybridized carbons (Fsp3) is 0.357. The van der Waals surface area contributed by atoms with Gasteiger partial charge in [-0.25, -0.2) is 4.52 Å². The highest BCUT2D eigenvalue weighted by molar-refractivity contribution is 6.34. The standard InChI is InChI=1S/C28H29ClN10O2/c1-16-26(17(2)38(34-16)15-21-13-30-8-10-41-21)18-7-9-37-25(12-18)22(14-31-37)28(40)32-24-11-19(3-6-23(24)29)27-33-36-39(35-27)20-4-5-20/h3,6-7,9,11-12,14,20-21,30H,4-5,8,10,13,15H2,1-2H3,(H,32,40). The molecule has 7 rings (SSSR count). The van der Waals surface area contributed by atoms with Crippen LogP contribution < -0.4 is 10.6 Å². The maximum atomic E-state index is 13.5. The second kappa shape index (κ2) is 10.4.